The van der Waals surface area contributed by atoms with E-state index in [1.165, 1.54) is 5.56 Å². The minimum absolute atomic E-state index is 0.336. The number of para-hydroxylation sites is 2. The molecular weight excluding hydrogens is 342 g/mol. The smallest absolute Gasteiger partial charge is 0.173 e. The number of thiocarbonyl (C=S) groups is 1. The Hall–Kier alpha value is -2.27. The van der Waals surface area contributed by atoms with E-state index in [0.29, 0.717) is 11.7 Å². The fourth-order valence-electron chi connectivity index (χ4n) is 3.22. The summed E-state index contributed by atoms with van der Waals surface area (Å²) < 4.78 is 0. The molecule has 1 aliphatic heterocycles. The van der Waals surface area contributed by atoms with Crippen molar-refractivity contribution < 1.29 is 5.11 Å². The maximum Gasteiger partial charge on any atom is 0.173 e. The minimum Gasteiger partial charge on any atom is -0.506 e. The summed E-state index contributed by atoms with van der Waals surface area (Å²) in [5, 5.41) is 14.1. The molecule has 1 saturated heterocycles. The second-order valence-corrected chi connectivity index (χ2v) is 7.21. The van der Waals surface area contributed by atoms with Crippen LogP contribution in [0.3, 0.4) is 0 Å². The van der Waals surface area contributed by atoms with Gasteiger partial charge in [0.05, 0.1) is 5.69 Å². The number of hydrogen-bond acceptors (Lipinski definition) is 3. The number of aromatic hydroxyl groups is 1. The number of benzene rings is 2. The van der Waals surface area contributed by atoms with Crippen LogP contribution in [0.4, 0.5) is 11.4 Å². The maximum absolute atomic E-state index is 10.0. The molecular formula is C21H27N3OS. The van der Waals surface area contributed by atoms with Gasteiger partial charge in [-0.15, -0.1) is 0 Å². The number of phenolic OH excluding ortho intramolecular Hbond substituents is 1. The van der Waals surface area contributed by atoms with Crippen molar-refractivity contribution >= 4 is 28.7 Å². The second-order valence-electron chi connectivity index (χ2n) is 6.82. The van der Waals surface area contributed by atoms with Crippen LogP contribution in [0.5, 0.6) is 5.75 Å². The van der Waals surface area contributed by atoms with Crippen LogP contribution >= 0.6 is 12.2 Å². The molecule has 26 heavy (non-hydrogen) atoms. The summed E-state index contributed by atoms with van der Waals surface area (Å²) in [4.78, 5) is 4.39. The molecule has 0 saturated carbocycles. The van der Waals surface area contributed by atoms with Gasteiger partial charge in [-0.05, 0) is 54.4 Å². The summed E-state index contributed by atoms with van der Waals surface area (Å²) in [6.45, 7) is 7.81. The largest absolute Gasteiger partial charge is 0.506 e. The highest BCUT2D eigenvalue weighted by Gasteiger charge is 2.20. The fourth-order valence-corrected chi connectivity index (χ4v) is 3.52. The lowest BCUT2D eigenvalue weighted by molar-refractivity contribution is 0.387. The Morgan fingerprint density at radius 2 is 1.73 bits per heavy atom. The summed E-state index contributed by atoms with van der Waals surface area (Å²) in [7, 11) is 0. The maximum atomic E-state index is 10.0. The zero-order valence-corrected chi connectivity index (χ0v) is 16.3. The Balaban J connectivity index is 1.54. The highest BCUT2D eigenvalue weighted by Crippen LogP contribution is 2.27. The van der Waals surface area contributed by atoms with Crippen molar-refractivity contribution in [2.24, 2.45) is 0 Å². The highest BCUT2D eigenvalue weighted by atomic mass is 32.1. The molecule has 1 aliphatic rings. The average molecular weight is 370 g/mol. The molecule has 0 bridgehead atoms. The third kappa shape index (κ3) is 4.28. The molecule has 2 aromatic rings. The van der Waals surface area contributed by atoms with E-state index >= 15 is 0 Å². The molecule has 0 radical (unpaired) electrons. The van der Waals surface area contributed by atoms with Crippen LogP contribution in [0.2, 0.25) is 0 Å². The van der Waals surface area contributed by atoms with Crippen LogP contribution in [0.1, 0.15) is 31.7 Å². The molecule has 1 fully saturated rings. The quantitative estimate of drug-likeness (QED) is 0.781. The van der Waals surface area contributed by atoms with Gasteiger partial charge in [-0.25, -0.2) is 0 Å². The van der Waals surface area contributed by atoms with Gasteiger partial charge in [0.1, 0.15) is 5.75 Å². The first-order chi connectivity index (χ1) is 12.6. The zero-order chi connectivity index (χ0) is 18.5. The summed E-state index contributed by atoms with van der Waals surface area (Å²) >= 11 is 5.59. The number of phenols is 1. The van der Waals surface area contributed by atoms with E-state index in [2.05, 4.69) is 53.2 Å². The van der Waals surface area contributed by atoms with Crippen LogP contribution in [0.25, 0.3) is 0 Å². The van der Waals surface area contributed by atoms with Crippen molar-refractivity contribution in [3.05, 3.63) is 54.1 Å². The lowest BCUT2D eigenvalue weighted by Gasteiger charge is -2.37. The van der Waals surface area contributed by atoms with Crippen molar-refractivity contribution in [1.82, 2.24) is 4.90 Å². The van der Waals surface area contributed by atoms with Gasteiger partial charge in [0, 0.05) is 31.9 Å². The topological polar surface area (TPSA) is 38.7 Å². The van der Waals surface area contributed by atoms with Gasteiger partial charge in [-0.1, -0.05) is 38.1 Å². The fraction of sp³-hybridized carbons (Fsp3) is 0.381. The Bertz CT molecular complexity index is 739. The lowest BCUT2D eigenvalue weighted by Crippen LogP contribution is -2.50. The molecule has 1 atom stereocenters. The standard InChI is InChI=1S/C21H27N3OS/c1-3-16(2)17-8-10-18(11-9-17)22-21(26)24-14-12-23(13-15-24)19-6-4-5-7-20(19)25/h4-11,16,25H,3,12-15H2,1-2H3,(H,22,26). The van der Waals surface area contributed by atoms with Crippen molar-refractivity contribution in [2.45, 2.75) is 26.2 Å². The van der Waals surface area contributed by atoms with Crippen LogP contribution in [-0.4, -0.2) is 41.3 Å². The van der Waals surface area contributed by atoms with Gasteiger partial charge in [0.25, 0.3) is 0 Å². The number of hydrogen-bond donors (Lipinski definition) is 2. The van der Waals surface area contributed by atoms with E-state index in [1.807, 2.05) is 18.2 Å². The highest BCUT2D eigenvalue weighted by molar-refractivity contribution is 7.80. The van der Waals surface area contributed by atoms with E-state index in [9.17, 15) is 5.11 Å². The number of nitrogens with one attached hydrogen (secondary N) is 1. The molecule has 1 heterocycles. The van der Waals surface area contributed by atoms with Crippen LogP contribution in [0, 0.1) is 0 Å². The summed E-state index contributed by atoms with van der Waals surface area (Å²) in [5.41, 5.74) is 3.29. The molecule has 0 aliphatic carbocycles. The van der Waals surface area contributed by atoms with Gasteiger partial charge in [0.15, 0.2) is 5.11 Å². The predicted octanol–water partition coefficient (Wildman–Crippen LogP) is 4.42. The third-order valence-corrected chi connectivity index (χ3v) is 5.49. The lowest BCUT2D eigenvalue weighted by atomic mass is 9.99. The Labute approximate surface area is 161 Å². The van der Waals surface area contributed by atoms with Gasteiger partial charge in [0.2, 0.25) is 0 Å². The third-order valence-electron chi connectivity index (χ3n) is 5.13. The van der Waals surface area contributed by atoms with Crippen molar-refractivity contribution in [3.8, 4) is 5.75 Å². The first kappa shape index (κ1) is 18.5. The molecule has 0 amide bonds. The first-order valence-corrected chi connectivity index (χ1v) is 9.68. The van der Waals surface area contributed by atoms with Crippen molar-refractivity contribution in [3.63, 3.8) is 0 Å². The molecule has 138 valence electrons. The number of anilines is 2. The molecule has 1 unspecified atom stereocenters. The Morgan fingerprint density at radius 3 is 2.35 bits per heavy atom. The Morgan fingerprint density at radius 1 is 1.08 bits per heavy atom. The molecule has 2 aromatic carbocycles. The van der Waals surface area contributed by atoms with Crippen LogP contribution in [-0.2, 0) is 0 Å². The van der Waals surface area contributed by atoms with E-state index < -0.39 is 0 Å². The minimum atomic E-state index is 0.336. The molecule has 3 rings (SSSR count). The van der Waals surface area contributed by atoms with E-state index in [4.69, 9.17) is 12.2 Å². The second kappa shape index (κ2) is 8.41. The van der Waals surface area contributed by atoms with Crippen molar-refractivity contribution in [1.29, 1.82) is 0 Å². The van der Waals surface area contributed by atoms with E-state index in [-0.39, 0.29) is 0 Å². The van der Waals surface area contributed by atoms with Gasteiger partial charge < -0.3 is 20.2 Å². The molecule has 5 heteroatoms. The molecule has 0 spiro atoms. The first-order valence-electron chi connectivity index (χ1n) is 9.27. The normalized spacial score (nSPS) is 15.6. The van der Waals surface area contributed by atoms with Gasteiger partial charge in [-0.3, -0.25) is 0 Å². The monoisotopic (exact) mass is 369 g/mol. The molecule has 2 N–H and O–H groups in total. The van der Waals surface area contributed by atoms with Gasteiger partial charge >= 0.3 is 0 Å². The van der Waals surface area contributed by atoms with Gasteiger partial charge in [-0.2, -0.15) is 0 Å². The van der Waals surface area contributed by atoms with E-state index in [1.54, 1.807) is 6.07 Å². The summed E-state index contributed by atoms with van der Waals surface area (Å²) in [6.07, 6.45) is 1.15. The number of nitrogens with zero attached hydrogens (tertiary/aromatic N) is 2. The number of rotatable bonds is 4. The van der Waals surface area contributed by atoms with Crippen LogP contribution in [0.15, 0.2) is 48.5 Å². The Kier molecular flexibility index (Phi) is 5.99. The molecule has 4 nitrogen and oxygen atoms in total. The zero-order valence-electron chi connectivity index (χ0n) is 15.5. The predicted molar refractivity (Wildman–Crippen MR) is 113 cm³/mol. The SMILES string of the molecule is CCC(C)c1ccc(NC(=S)N2CCN(c3ccccc3O)CC2)cc1. The number of piperazine rings is 1. The van der Waals surface area contributed by atoms with Crippen molar-refractivity contribution in [2.75, 3.05) is 36.4 Å². The van der Waals surface area contributed by atoms with E-state index in [0.717, 1.165) is 49.1 Å². The average Bonchev–Trinajstić information content (AvgIpc) is 2.68. The van der Waals surface area contributed by atoms with Crippen LogP contribution < -0.4 is 10.2 Å². The summed E-state index contributed by atoms with van der Waals surface area (Å²) in [5.74, 6) is 0.918. The summed E-state index contributed by atoms with van der Waals surface area (Å²) in [6, 6.07) is 16.1. The molecule has 0 aromatic heterocycles.